The first-order valence-corrected chi connectivity index (χ1v) is 11.5. The standard InChI is InChI=1S/C28H27N3O4/c1-28(2,3)35-26(32)25(15-18-9-8-10-19(16-29)30-18)31-27(33)34-17-24-22-13-6-4-11-20(22)21-12-5-7-14-23(21)24/h4-14,24-25H,15,17H2,1-3H3,(H,31,33)/t25-/m0/s1. The second kappa shape index (κ2) is 9.98. The number of carbonyl (C=O) groups excluding carboxylic acids is 2. The van der Waals surface area contributed by atoms with Gasteiger partial charge in [0.15, 0.2) is 0 Å². The normalized spacial score (nSPS) is 13.2. The van der Waals surface area contributed by atoms with Gasteiger partial charge in [-0.25, -0.2) is 14.6 Å². The van der Waals surface area contributed by atoms with Crippen LogP contribution in [0.2, 0.25) is 0 Å². The first-order valence-electron chi connectivity index (χ1n) is 11.5. The number of carbonyl (C=O) groups is 2. The predicted octanol–water partition coefficient (Wildman–Crippen LogP) is 4.74. The number of hydrogen-bond acceptors (Lipinski definition) is 6. The van der Waals surface area contributed by atoms with Crippen molar-refractivity contribution in [3.63, 3.8) is 0 Å². The molecule has 35 heavy (non-hydrogen) atoms. The summed E-state index contributed by atoms with van der Waals surface area (Å²) in [4.78, 5) is 29.9. The van der Waals surface area contributed by atoms with Gasteiger partial charge in [-0.15, -0.1) is 0 Å². The van der Waals surface area contributed by atoms with Crippen LogP contribution in [0.5, 0.6) is 0 Å². The molecule has 1 aliphatic rings. The molecule has 1 N–H and O–H groups in total. The summed E-state index contributed by atoms with van der Waals surface area (Å²) in [5, 5.41) is 11.8. The molecule has 0 radical (unpaired) electrons. The summed E-state index contributed by atoms with van der Waals surface area (Å²) in [6, 6.07) is 22.0. The van der Waals surface area contributed by atoms with Crippen molar-refractivity contribution in [3.8, 4) is 17.2 Å². The zero-order valence-corrected chi connectivity index (χ0v) is 19.9. The van der Waals surface area contributed by atoms with Crippen molar-refractivity contribution in [3.05, 3.63) is 89.2 Å². The third-order valence-electron chi connectivity index (χ3n) is 5.66. The van der Waals surface area contributed by atoms with E-state index in [4.69, 9.17) is 14.7 Å². The molecule has 1 atom stereocenters. The zero-order chi connectivity index (χ0) is 25.0. The lowest BCUT2D eigenvalue weighted by Crippen LogP contribution is -2.46. The Morgan fingerprint density at radius 2 is 1.63 bits per heavy atom. The molecule has 2 aromatic carbocycles. The maximum atomic E-state index is 12.9. The molecule has 0 fully saturated rings. The summed E-state index contributed by atoms with van der Waals surface area (Å²) in [6.07, 6.45) is -0.659. The quantitative estimate of drug-likeness (QED) is 0.523. The van der Waals surface area contributed by atoms with Gasteiger partial charge in [-0.3, -0.25) is 0 Å². The van der Waals surface area contributed by atoms with Crippen molar-refractivity contribution >= 4 is 12.1 Å². The minimum Gasteiger partial charge on any atom is -0.458 e. The number of ether oxygens (including phenoxy) is 2. The topological polar surface area (TPSA) is 101 Å². The zero-order valence-electron chi connectivity index (χ0n) is 19.9. The largest absolute Gasteiger partial charge is 0.458 e. The van der Waals surface area contributed by atoms with E-state index in [1.54, 1.807) is 39.0 Å². The van der Waals surface area contributed by atoms with E-state index in [1.807, 2.05) is 42.5 Å². The monoisotopic (exact) mass is 469 g/mol. The van der Waals surface area contributed by atoms with E-state index in [2.05, 4.69) is 22.4 Å². The fourth-order valence-corrected chi connectivity index (χ4v) is 4.21. The number of fused-ring (bicyclic) bond motifs is 3. The van der Waals surface area contributed by atoms with Gasteiger partial charge in [-0.1, -0.05) is 54.6 Å². The van der Waals surface area contributed by atoms with E-state index in [9.17, 15) is 9.59 Å². The van der Waals surface area contributed by atoms with Crippen LogP contribution in [0.25, 0.3) is 11.1 Å². The van der Waals surface area contributed by atoms with Crippen molar-refractivity contribution in [2.24, 2.45) is 0 Å². The maximum absolute atomic E-state index is 12.9. The second-order valence-corrected chi connectivity index (χ2v) is 9.39. The Balaban J connectivity index is 1.48. The molecule has 3 aromatic rings. The van der Waals surface area contributed by atoms with E-state index < -0.39 is 23.7 Å². The third kappa shape index (κ3) is 5.67. The van der Waals surface area contributed by atoms with Gasteiger partial charge in [0.2, 0.25) is 0 Å². The number of benzene rings is 2. The van der Waals surface area contributed by atoms with E-state index in [0.717, 1.165) is 22.3 Å². The van der Waals surface area contributed by atoms with Gasteiger partial charge >= 0.3 is 12.1 Å². The first kappa shape index (κ1) is 24.0. The number of rotatable bonds is 6. The molecular weight excluding hydrogens is 442 g/mol. The smallest absolute Gasteiger partial charge is 0.407 e. The average Bonchev–Trinajstić information content (AvgIpc) is 3.15. The van der Waals surface area contributed by atoms with E-state index in [0.29, 0.717) is 5.69 Å². The molecule has 7 nitrogen and oxygen atoms in total. The Hall–Kier alpha value is -4.18. The van der Waals surface area contributed by atoms with Gasteiger partial charge < -0.3 is 14.8 Å². The lowest BCUT2D eigenvalue weighted by Gasteiger charge is -2.24. The Labute approximate surface area is 204 Å². The molecular formula is C28H27N3O4. The molecule has 0 saturated carbocycles. The summed E-state index contributed by atoms with van der Waals surface area (Å²) < 4.78 is 11.1. The van der Waals surface area contributed by atoms with Gasteiger partial charge in [0.25, 0.3) is 0 Å². The minimum absolute atomic E-state index is 0.0641. The molecule has 0 spiro atoms. The van der Waals surface area contributed by atoms with E-state index in [1.165, 1.54) is 0 Å². The molecule has 0 unspecified atom stereocenters. The predicted molar refractivity (Wildman–Crippen MR) is 130 cm³/mol. The number of esters is 1. The summed E-state index contributed by atoms with van der Waals surface area (Å²) in [6.45, 7) is 5.39. The summed E-state index contributed by atoms with van der Waals surface area (Å²) >= 11 is 0. The van der Waals surface area contributed by atoms with Crippen LogP contribution in [0.3, 0.4) is 0 Å². The van der Waals surface area contributed by atoms with Crippen LogP contribution < -0.4 is 5.32 Å². The fourth-order valence-electron chi connectivity index (χ4n) is 4.21. The molecule has 0 saturated heterocycles. The van der Waals surface area contributed by atoms with Crippen LogP contribution in [0.4, 0.5) is 4.79 Å². The van der Waals surface area contributed by atoms with E-state index in [-0.39, 0.29) is 24.6 Å². The Morgan fingerprint density at radius 1 is 1.00 bits per heavy atom. The van der Waals surface area contributed by atoms with Crippen LogP contribution in [0.15, 0.2) is 66.7 Å². The van der Waals surface area contributed by atoms with E-state index >= 15 is 0 Å². The number of amides is 1. The van der Waals surface area contributed by atoms with Crippen molar-refractivity contribution in [2.45, 2.75) is 44.8 Å². The van der Waals surface area contributed by atoms with Gasteiger partial charge in [0, 0.05) is 18.0 Å². The van der Waals surface area contributed by atoms with Crippen LogP contribution in [0.1, 0.15) is 49.2 Å². The van der Waals surface area contributed by atoms with Crippen molar-refractivity contribution in [2.75, 3.05) is 6.61 Å². The van der Waals surface area contributed by atoms with Gasteiger partial charge in [-0.05, 0) is 55.2 Å². The minimum atomic E-state index is -1.02. The van der Waals surface area contributed by atoms with Crippen LogP contribution in [-0.2, 0) is 20.7 Å². The lowest BCUT2D eigenvalue weighted by atomic mass is 9.98. The van der Waals surface area contributed by atoms with Gasteiger partial charge in [0.1, 0.15) is 30.0 Å². The van der Waals surface area contributed by atoms with Crippen molar-refractivity contribution in [1.29, 1.82) is 5.26 Å². The number of nitrogens with zero attached hydrogens (tertiary/aromatic N) is 2. The first-order chi connectivity index (χ1) is 16.7. The molecule has 1 aliphatic carbocycles. The lowest BCUT2D eigenvalue weighted by molar-refractivity contribution is -0.157. The Bertz CT molecular complexity index is 1240. The highest BCUT2D eigenvalue weighted by molar-refractivity contribution is 5.82. The fraction of sp³-hybridized carbons (Fsp3) is 0.286. The van der Waals surface area contributed by atoms with Crippen molar-refractivity contribution in [1.82, 2.24) is 10.3 Å². The number of aromatic nitrogens is 1. The van der Waals surface area contributed by atoms with Crippen LogP contribution in [-0.4, -0.2) is 35.3 Å². The molecule has 4 rings (SSSR count). The molecule has 1 aromatic heterocycles. The summed E-state index contributed by atoms with van der Waals surface area (Å²) in [5.41, 5.74) is 4.44. The van der Waals surface area contributed by atoms with Crippen LogP contribution >= 0.6 is 0 Å². The molecule has 0 aliphatic heterocycles. The molecule has 0 bridgehead atoms. The summed E-state index contributed by atoms with van der Waals surface area (Å²) in [5.74, 6) is -0.697. The highest BCUT2D eigenvalue weighted by Crippen LogP contribution is 2.44. The molecule has 178 valence electrons. The SMILES string of the molecule is CC(C)(C)OC(=O)[C@H](Cc1cccc(C#N)n1)NC(=O)OCC1c2ccccc2-c2ccccc21. The second-order valence-electron chi connectivity index (χ2n) is 9.39. The third-order valence-corrected chi connectivity index (χ3v) is 5.66. The number of hydrogen-bond donors (Lipinski definition) is 1. The number of nitrogens with one attached hydrogen (secondary N) is 1. The molecule has 7 heteroatoms. The number of pyridine rings is 1. The number of alkyl carbamates (subject to hydrolysis) is 1. The highest BCUT2D eigenvalue weighted by atomic mass is 16.6. The van der Waals surface area contributed by atoms with Gasteiger partial charge in [-0.2, -0.15) is 5.26 Å². The van der Waals surface area contributed by atoms with Gasteiger partial charge in [0.05, 0.1) is 0 Å². The van der Waals surface area contributed by atoms with Crippen LogP contribution in [0, 0.1) is 11.3 Å². The average molecular weight is 470 g/mol. The Morgan fingerprint density at radius 3 is 2.23 bits per heavy atom. The number of nitriles is 1. The maximum Gasteiger partial charge on any atom is 0.407 e. The highest BCUT2D eigenvalue weighted by Gasteiger charge is 2.31. The van der Waals surface area contributed by atoms with Crippen molar-refractivity contribution < 1.29 is 19.1 Å². The molecule has 1 heterocycles. The molecule has 1 amide bonds. The Kier molecular flexibility index (Phi) is 6.83. The summed E-state index contributed by atoms with van der Waals surface area (Å²) in [7, 11) is 0.